The van der Waals surface area contributed by atoms with Crippen LogP contribution in [0.3, 0.4) is 0 Å². The van der Waals surface area contributed by atoms with Crippen molar-refractivity contribution >= 4 is 27.3 Å². The number of hydrogen-bond donors (Lipinski definition) is 1. The smallest absolute Gasteiger partial charge is 0.241 e. The number of halogens is 1. The number of nitrogens with zero attached hydrogens (tertiary/aromatic N) is 2. The lowest BCUT2D eigenvalue weighted by Gasteiger charge is -2.22. The van der Waals surface area contributed by atoms with Gasteiger partial charge in [0.25, 0.3) is 0 Å². The molecule has 2 aromatic rings. The lowest BCUT2D eigenvalue weighted by atomic mass is 10.2. The Bertz CT molecular complexity index is 926. The third-order valence-electron chi connectivity index (χ3n) is 4.68. The van der Waals surface area contributed by atoms with Gasteiger partial charge in [-0.2, -0.15) is 0 Å². The van der Waals surface area contributed by atoms with Gasteiger partial charge in [-0.25, -0.2) is 12.8 Å². The number of carbonyl (C=O) groups is 1. The van der Waals surface area contributed by atoms with Crippen LogP contribution in [0.2, 0.25) is 0 Å². The molecule has 0 aliphatic carbocycles. The second kappa shape index (κ2) is 8.60. The Balaban J connectivity index is 1.60. The zero-order valence-corrected chi connectivity index (χ0v) is 16.6. The fraction of sp³-hybridized carbons (Fsp3) is 0.350. The van der Waals surface area contributed by atoms with Crippen molar-refractivity contribution < 1.29 is 17.6 Å². The molecule has 1 heterocycles. The van der Waals surface area contributed by atoms with Crippen molar-refractivity contribution in [3.63, 3.8) is 0 Å². The Morgan fingerprint density at radius 2 is 1.82 bits per heavy atom. The lowest BCUT2D eigenvalue weighted by Crippen LogP contribution is -2.40. The molecule has 1 saturated heterocycles. The lowest BCUT2D eigenvalue weighted by molar-refractivity contribution is -0.119. The minimum atomic E-state index is -3.73. The second-order valence-corrected chi connectivity index (χ2v) is 8.79. The fourth-order valence-electron chi connectivity index (χ4n) is 3.22. The van der Waals surface area contributed by atoms with Crippen LogP contribution in [0, 0.1) is 5.82 Å². The Hall–Kier alpha value is -2.61. The number of anilines is 2. The highest BCUT2D eigenvalue weighted by atomic mass is 32.2. The molecule has 150 valence electrons. The van der Waals surface area contributed by atoms with E-state index in [0.717, 1.165) is 35.3 Å². The number of hydrogen-bond acceptors (Lipinski definition) is 4. The molecule has 3 rings (SSSR count). The average Bonchev–Trinajstić information content (AvgIpc) is 3.18. The molecule has 1 fully saturated rings. The largest absolute Gasteiger partial charge is 0.372 e. The van der Waals surface area contributed by atoms with Gasteiger partial charge in [-0.05, 0) is 48.7 Å². The highest BCUT2D eigenvalue weighted by Crippen LogP contribution is 2.21. The van der Waals surface area contributed by atoms with E-state index < -0.39 is 28.3 Å². The van der Waals surface area contributed by atoms with Crippen molar-refractivity contribution in [2.24, 2.45) is 0 Å². The third-order valence-corrected chi connectivity index (χ3v) is 5.82. The first-order valence-corrected chi connectivity index (χ1v) is 11.0. The molecular weight excluding hydrogens is 381 g/mol. The molecule has 1 aliphatic heterocycles. The second-order valence-electron chi connectivity index (χ2n) is 6.89. The quantitative estimate of drug-likeness (QED) is 0.769. The van der Waals surface area contributed by atoms with E-state index in [-0.39, 0.29) is 5.69 Å². The van der Waals surface area contributed by atoms with E-state index in [4.69, 9.17) is 0 Å². The first kappa shape index (κ1) is 20.1. The van der Waals surface area contributed by atoms with E-state index in [1.165, 1.54) is 36.7 Å². The number of nitrogens with one attached hydrogen (secondary N) is 1. The van der Waals surface area contributed by atoms with E-state index in [9.17, 15) is 17.6 Å². The van der Waals surface area contributed by atoms with Gasteiger partial charge in [0, 0.05) is 25.3 Å². The van der Waals surface area contributed by atoms with Crippen LogP contribution >= 0.6 is 0 Å². The van der Waals surface area contributed by atoms with Crippen LogP contribution < -0.4 is 14.5 Å². The van der Waals surface area contributed by atoms with Crippen LogP contribution in [0.1, 0.15) is 18.4 Å². The Labute approximate surface area is 165 Å². The predicted octanol–water partition coefficient (Wildman–Crippen LogP) is 2.51. The summed E-state index contributed by atoms with van der Waals surface area (Å²) in [6, 6.07) is 13.1. The monoisotopic (exact) mass is 405 g/mol. The molecule has 2 aromatic carbocycles. The molecule has 0 spiro atoms. The normalized spacial score (nSPS) is 14.1. The van der Waals surface area contributed by atoms with Gasteiger partial charge in [-0.3, -0.25) is 9.10 Å². The number of carbonyl (C=O) groups excluding carboxylic acids is 1. The average molecular weight is 405 g/mol. The summed E-state index contributed by atoms with van der Waals surface area (Å²) in [6.07, 6.45) is 3.40. The van der Waals surface area contributed by atoms with Crippen molar-refractivity contribution in [1.29, 1.82) is 0 Å². The molecule has 1 aliphatic rings. The summed E-state index contributed by atoms with van der Waals surface area (Å²) in [6.45, 7) is 2.02. The third kappa shape index (κ3) is 5.22. The van der Waals surface area contributed by atoms with Gasteiger partial charge in [-0.1, -0.05) is 18.2 Å². The molecule has 0 atom stereocenters. The zero-order valence-electron chi connectivity index (χ0n) is 15.8. The van der Waals surface area contributed by atoms with Gasteiger partial charge in [0.15, 0.2) is 0 Å². The van der Waals surface area contributed by atoms with Crippen LogP contribution in [0.5, 0.6) is 0 Å². The zero-order chi connectivity index (χ0) is 20.1. The van der Waals surface area contributed by atoms with Crippen LogP contribution in [-0.2, 0) is 21.4 Å². The molecule has 1 N–H and O–H groups in total. The first-order valence-electron chi connectivity index (χ1n) is 9.17. The fourth-order valence-corrected chi connectivity index (χ4v) is 4.07. The number of amides is 1. The van der Waals surface area contributed by atoms with Crippen molar-refractivity contribution in [1.82, 2.24) is 5.32 Å². The summed E-state index contributed by atoms with van der Waals surface area (Å²) in [7, 11) is -3.73. The van der Waals surface area contributed by atoms with Crippen LogP contribution in [0.4, 0.5) is 15.8 Å². The molecule has 8 heteroatoms. The SMILES string of the molecule is CS(=O)(=O)N(CC(=O)NCc1ccc(N2CCCC2)cc1)c1cccc(F)c1. The summed E-state index contributed by atoms with van der Waals surface area (Å²) < 4.78 is 38.4. The van der Waals surface area contributed by atoms with Crippen LogP contribution in [0.25, 0.3) is 0 Å². The van der Waals surface area contributed by atoms with Crippen molar-refractivity contribution in [3.8, 4) is 0 Å². The summed E-state index contributed by atoms with van der Waals surface area (Å²) in [5.41, 5.74) is 2.21. The number of rotatable bonds is 7. The molecule has 0 radical (unpaired) electrons. The van der Waals surface area contributed by atoms with E-state index in [1.54, 1.807) is 0 Å². The first-order chi connectivity index (χ1) is 13.3. The highest BCUT2D eigenvalue weighted by molar-refractivity contribution is 7.92. The summed E-state index contributed by atoms with van der Waals surface area (Å²) >= 11 is 0. The maximum atomic E-state index is 13.4. The van der Waals surface area contributed by atoms with Crippen LogP contribution in [0.15, 0.2) is 48.5 Å². The van der Waals surface area contributed by atoms with Crippen molar-refractivity contribution in [3.05, 3.63) is 59.9 Å². The summed E-state index contributed by atoms with van der Waals surface area (Å²) in [4.78, 5) is 14.6. The minimum Gasteiger partial charge on any atom is -0.372 e. The predicted molar refractivity (Wildman–Crippen MR) is 108 cm³/mol. The van der Waals surface area contributed by atoms with Gasteiger partial charge in [0.2, 0.25) is 15.9 Å². The van der Waals surface area contributed by atoms with Gasteiger partial charge < -0.3 is 10.2 Å². The minimum absolute atomic E-state index is 0.118. The number of benzene rings is 2. The van der Waals surface area contributed by atoms with E-state index in [2.05, 4.69) is 10.2 Å². The Morgan fingerprint density at radius 1 is 1.14 bits per heavy atom. The maximum absolute atomic E-state index is 13.4. The Morgan fingerprint density at radius 3 is 2.43 bits per heavy atom. The van der Waals surface area contributed by atoms with E-state index in [0.29, 0.717) is 6.54 Å². The van der Waals surface area contributed by atoms with Crippen LogP contribution in [-0.4, -0.2) is 40.2 Å². The molecule has 0 unspecified atom stereocenters. The molecule has 0 saturated carbocycles. The summed E-state index contributed by atoms with van der Waals surface area (Å²) in [5.74, 6) is -1.03. The van der Waals surface area contributed by atoms with Crippen molar-refractivity contribution in [2.75, 3.05) is 35.1 Å². The summed E-state index contributed by atoms with van der Waals surface area (Å²) in [5, 5.41) is 2.72. The molecular formula is C20H24FN3O3S. The van der Waals surface area contributed by atoms with Gasteiger partial charge in [-0.15, -0.1) is 0 Å². The standard InChI is InChI=1S/C20H24FN3O3S/c1-28(26,27)24(19-6-4-5-17(21)13-19)15-20(25)22-14-16-7-9-18(10-8-16)23-11-2-3-12-23/h4-10,13H,2-3,11-12,14-15H2,1H3,(H,22,25). The molecule has 28 heavy (non-hydrogen) atoms. The van der Waals surface area contributed by atoms with E-state index >= 15 is 0 Å². The van der Waals surface area contributed by atoms with Crippen molar-refractivity contribution in [2.45, 2.75) is 19.4 Å². The van der Waals surface area contributed by atoms with E-state index in [1.807, 2.05) is 24.3 Å². The Kier molecular flexibility index (Phi) is 6.18. The van der Waals surface area contributed by atoms with Gasteiger partial charge >= 0.3 is 0 Å². The molecule has 0 aromatic heterocycles. The molecule has 1 amide bonds. The molecule has 6 nitrogen and oxygen atoms in total. The molecule has 0 bridgehead atoms. The number of sulfonamides is 1. The van der Waals surface area contributed by atoms with Gasteiger partial charge in [0.1, 0.15) is 12.4 Å². The highest BCUT2D eigenvalue weighted by Gasteiger charge is 2.21. The topological polar surface area (TPSA) is 69.7 Å². The maximum Gasteiger partial charge on any atom is 0.241 e. The van der Waals surface area contributed by atoms with Gasteiger partial charge in [0.05, 0.1) is 11.9 Å².